The third-order valence-corrected chi connectivity index (χ3v) is 7.98. The molecule has 0 saturated carbocycles. The first-order valence-electron chi connectivity index (χ1n) is 12.3. The Labute approximate surface area is 229 Å². The van der Waals surface area contributed by atoms with Gasteiger partial charge in [-0.1, -0.05) is 48.9 Å². The minimum atomic E-state index is -4.17. The number of benzene rings is 3. The van der Waals surface area contributed by atoms with Crippen LogP contribution in [0.4, 0.5) is 5.69 Å². The summed E-state index contributed by atoms with van der Waals surface area (Å²) in [7, 11) is -2.66. The molecule has 0 aliphatic carbocycles. The first-order valence-corrected chi connectivity index (χ1v) is 14.1. The van der Waals surface area contributed by atoms with Crippen LogP contribution >= 0.6 is 11.6 Å². The Balaban J connectivity index is 2.04. The highest BCUT2D eigenvalue weighted by Crippen LogP contribution is 2.27. The van der Waals surface area contributed by atoms with E-state index in [9.17, 15) is 18.0 Å². The molecule has 3 rings (SSSR count). The fraction of sp³-hybridized carbons (Fsp3) is 0.286. The molecule has 1 atom stereocenters. The number of hydrogen-bond acceptors (Lipinski definition) is 5. The predicted octanol–water partition coefficient (Wildman–Crippen LogP) is 4.49. The molecular formula is C28H32ClN3O5S. The van der Waals surface area contributed by atoms with Gasteiger partial charge in [0, 0.05) is 18.6 Å². The van der Waals surface area contributed by atoms with Crippen LogP contribution in [0.2, 0.25) is 5.02 Å². The summed E-state index contributed by atoms with van der Waals surface area (Å²) in [5.41, 5.74) is 1.10. The normalized spacial score (nSPS) is 11.9. The number of sulfonamides is 1. The molecule has 8 nitrogen and oxygen atoms in total. The summed E-state index contributed by atoms with van der Waals surface area (Å²) >= 11 is 5.98. The van der Waals surface area contributed by atoms with Crippen LogP contribution in [0.15, 0.2) is 83.8 Å². The summed E-state index contributed by atoms with van der Waals surface area (Å²) in [5.74, 6) is -0.275. The minimum Gasteiger partial charge on any atom is -0.494 e. The lowest BCUT2D eigenvalue weighted by atomic mass is 10.1. The van der Waals surface area contributed by atoms with Gasteiger partial charge in [0.1, 0.15) is 18.3 Å². The molecule has 0 spiro atoms. The molecule has 3 aromatic carbocycles. The molecule has 0 heterocycles. The smallest absolute Gasteiger partial charge is 0.264 e. The van der Waals surface area contributed by atoms with Gasteiger partial charge in [-0.2, -0.15) is 0 Å². The fourth-order valence-electron chi connectivity index (χ4n) is 4.00. The van der Waals surface area contributed by atoms with Crippen LogP contribution in [0.1, 0.15) is 25.8 Å². The standard InChI is InChI=1S/C28H32ClN3O5S/c1-4-26(28(34)30-3)31(19-21-9-7-6-8-10-21)27(33)20-32(23-13-15-24(16-14-23)37-5-2)38(35,36)25-17-11-22(29)12-18-25/h6-18,26H,4-5,19-20H2,1-3H3,(H,30,34)/t26-/m0/s1. The van der Waals surface area contributed by atoms with Crippen LogP contribution < -0.4 is 14.4 Å². The van der Waals surface area contributed by atoms with Crippen molar-refractivity contribution in [3.05, 3.63) is 89.4 Å². The van der Waals surface area contributed by atoms with E-state index < -0.39 is 28.5 Å². The van der Waals surface area contributed by atoms with Crippen LogP contribution in [0, 0.1) is 0 Å². The molecule has 0 aliphatic heterocycles. The topological polar surface area (TPSA) is 96.0 Å². The molecule has 3 aromatic rings. The molecule has 0 bridgehead atoms. The van der Waals surface area contributed by atoms with E-state index in [4.69, 9.17) is 16.3 Å². The van der Waals surface area contributed by atoms with E-state index in [1.165, 1.54) is 36.2 Å². The van der Waals surface area contributed by atoms with Crippen molar-refractivity contribution in [2.45, 2.75) is 37.8 Å². The van der Waals surface area contributed by atoms with Crippen LogP contribution in [-0.2, 0) is 26.2 Å². The van der Waals surface area contributed by atoms with Crippen LogP contribution in [0.3, 0.4) is 0 Å². The summed E-state index contributed by atoms with van der Waals surface area (Å²) < 4.78 is 34.1. The van der Waals surface area contributed by atoms with Crippen molar-refractivity contribution in [3.63, 3.8) is 0 Å². The summed E-state index contributed by atoms with van der Waals surface area (Å²) in [5, 5.41) is 3.00. The highest BCUT2D eigenvalue weighted by atomic mass is 35.5. The van der Waals surface area contributed by atoms with Crippen molar-refractivity contribution in [3.8, 4) is 5.75 Å². The van der Waals surface area contributed by atoms with E-state index in [1.54, 1.807) is 31.2 Å². The number of ether oxygens (including phenoxy) is 1. The molecule has 1 N–H and O–H groups in total. The largest absolute Gasteiger partial charge is 0.494 e. The van der Waals surface area contributed by atoms with Gasteiger partial charge in [-0.15, -0.1) is 0 Å². The number of halogens is 1. The zero-order valence-electron chi connectivity index (χ0n) is 21.6. The van der Waals surface area contributed by atoms with Crippen molar-refractivity contribution < 1.29 is 22.7 Å². The maximum Gasteiger partial charge on any atom is 0.264 e. The second-order valence-electron chi connectivity index (χ2n) is 8.44. The number of hydrogen-bond donors (Lipinski definition) is 1. The third kappa shape index (κ3) is 7.05. The predicted molar refractivity (Wildman–Crippen MR) is 149 cm³/mol. The molecule has 38 heavy (non-hydrogen) atoms. The van der Waals surface area contributed by atoms with Gasteiger partial charge in [0.05, 0.1) is 17.2 Å². The van der Waals surface area contributed by atoms with Gasteiger partial charge in [0.15, 0.2) is 0 Å². The number of nitrogens with one attached hydrogen (secondary N) is 1. The number of carbonyl (C=O) groups is 2. The van der Waals surface area contributed by atoms with Crippen molar-refractivity contribution in [1.29, 1.82) is 0 Å². The number of likely N-dealkylation sites (N-methyl/N-ethyl adjacent to an activating group) is 1. The van der Waals surface area contributed by atoms with Gasteiger partial charge in [-0.3, -0.25) is 13.9 Å². The summed E-state index contributed by atoms with van der Waals surface area (Å²) in [6.07, 6.45) is 0.352. The van der Waals surface area contributed by atoms with Crippen molar-refractivity contribution in [1.82, 2.24) is 10.2 Å². The van der Waals surface area contributed by atoms with Gasteiger partial charge < -0.3 is 15.0 Å². The van der Waals surface area contributed by atoms with E-state index in [-0.39, 0.29) is 23.0 Å². The number of carbonyl (C=O) groups excluding carboxylic acids is 2. The molecule has 10 heteroatoms. The molecule has 0 radical (unpaired) electrons. The first-order chi connectivity index (χ1) is 18.2. The van der Waals surface area contributed by atoms with Gasteiger partial charge in [-0.05, 0) is 67.4 Å². The molecule has 0 fully saturated rings. The van der Waals surface area contributed by atoms with Crippen LogP contribution in [0.5, 0.6) is 5.75 Å². The van der Waals surface area contributed by atoms with E-state index >= 15 is 0 Å². The minimum absolute atomic E-state index is 0.0171. The van der Waals surface area contributed by atoms with Crippen LogP contribution in [-0.4, -0.2) is 51.4 Å². The van der Waals surface area contributed by atoms with Crippen LogP contribution in [0.25, 0.3) is 0 Å². The summed E-state index contributed by atoms with van der Waals surface area (Å²) in [6, 6.07) is 20.7. The van der Waals surface area contributed by atoms with Crippen molar-refractivity contribution >= 4 is 39.1 Å². The monoisotopic (exact) mass is 557 g/mol. The quantitative estimate of drug-likeness (QED) is 0.354. The van der Waals surface area contributed by atoms with Gasteiger partial charge in [-0.25, -0.2) is 8.42 Å². The van der Waals surface area contributed by atoms with Crippen molar-refractivity contribution in [2.75, 3.05) is 24.5 Å². The number of nitrogens with zero attached hydrogens (tertiary/aromatic N) is 2. The molecule has 0 aliphatic rings. The maximum atomic E-state index is 13.8. The summed E-state index contributed by atoms with van der Waals surface area (Å²) in [6.45, 7) is 3.74. The second-order valence-corrected chi connectivity index (χ2v) is 10.7. The van der Waals surface area contributed by atoms with Gasteiger partial charge in [0.2, 0.25) is 11.8 Å². The Kier molecular flexibility index (Phi) is 10.2. The Bertz CT molecular complexity index is 1320. The average Bonchev–Trinajstić information content (AvgIpc) is 2.92. The van der Waals surface area contributed by atoms with Gasteiger partial charge >= 0.3 is 0 Å². The van der Waals surface area contributed by atoms with E-state index in [1.807, 2.05) is 37.3 Å². The van der Waals surface area contributed by atoms with E-state index in [0.29, 0.717) is 23.8 Å². The Morgan fingerprint density at radius 3 is 2.13 bits per heavy atom. The Hall–Kier alpha value is -3.56. The molecule has 202 valence electrons. The highest BCUT2D eigenvalue weighted by molar-refractivity contribution is 7.92. The number of amides is 2. The van der Waals surface area contributed by atoms with E-state index in [0.717, 1.165) is 9.87 Å². The first kappa shape index (κ1) is 29.0. The van der Waals surface area contributed by atoms with Gasteiger partial charge in [0.25, 0.3) is 10.0 Å². The summed E-state index contributed by atoms with van der Waals surface area (Å²) in [4.78, 5) is 28.0. The number of rotatable bonds is 12. The lowest BCUT2D eigenvalue weighted by molar-refractivity contribution is -0.140. The fourth-order valence-corrected chi connectivity index (χ4v) is 5.54. The zero-order valence-corrected chi connectivity index (χ0v) is 23.2. The highest BCUT2D eigenvalue weighted by Gasteiger charge is 2.33. The molecule has 0 unspecified atom stereocenters. The Morgan fingerprint density at radius 1 is 0.947 bits per heavy atom. The van der Waals surface area contributed by atoms with E-state index in [2.05, 4.69) is 5.32 Å². The van der Waals surface area contributed by atoms with Crippen molar-refractivity contribution in [2.24, 2.45) is 0 Å². The molecular weight excluding hydrogens is 526 g/mol. The maximum absolute atomic E-state index is 13.8. The molecule has 2 amide bonds. The molecule has 0 saturated heterocycles. The average molecular weight is 558 g/mol. The second kappa shape index (κ2) is 13.3. The molecule has 0 aromatic heterocycles. The zero-order chi connectivity index (χ0) is 27.7. The SMILES string of the molecule is CCOc1ccc(N(CC(=O)N(Cc2ccccc2)[C@@H](CC)C(=O)NC)S(=O)(=O)c2ccc(Cl)cc2)cc1. The number of anilines is 1. The third-order valence-electron chi connectivity index (χ3n) is 5.94. The Morgan fingerprint density at radius 2 is 1.58 bits per heavy atom. The lowest BCUT2D eigenvalue weighted by Gasteiger charge is -2.33. The lowest BCUT2D eigenvalue weighted by Crippen LogP contribution is -2.51.